The number of imidazole rings is 1. The third-order valence-corrected chi connectivity index (χ3v) is 6.89. The van der Waals surface area contributed by atoms with Crippen LogP contribution in [0.3, 0.4) is 0 Å². The van der Waals surface area contributed by atoms with E-state index >= 15 is 0 Å². The van der Waals surface area contributed by atoms with Gasteiger partial charge >= 0.3 is 0 Å². The number of aryl methyl sites for hydroxylation is 1. The van der Waals surface area contributed by atoms with Gasteiger partial charge in [-0.2, -0.15) is 0 Å². The van der Waals surface area contributed by atoms with E-state index in [-0.39, 0.29) is 17.7 Å². The Morgan fingerprint density at radius 3 is 2.79 bits per heavy atom. The van der Waals surface area contributed by atoms with Gasteiger partial charge < -0.3 is 15.0 Å². The standard InChI is InChI=1S/C27H26ClN5O/c1-16-9-21(29-13-22-15-33-14-19(17-5-6-17)7-8-26(33)31-22)11-25(30-16)32-27(34)24-12-23(24)18-3-2-4-20(28)10-18/h2-4,7-11,14-15,17,23-24H,5-6,12-13H2,1H3,(H2,29,30,32,34)/t23?,24-/m0/s1. The van der Waals surface area contributed by atoms with Crippen LogP contribution in [0.25, 0.3) is 5.65 Å². The third-order valence-electron chi connectivity index (χ3n) is 6.65. The van der Waals surface area contributed by atoms with Gasteiger partial charge in [0.25, 0.3) is 0 Å². The van der Waals surface area contributed by atoms with Crippen molar-refractivity contribution in [2.45, 2.75) is 44.6 Å². The van der Waals surface area contributed by atoms with Crippen molar-refractivity contribution in [3.63, 3.8) is 0 Å². The highest BCUT2D eigenvalue weighted by Crippen LogP contribution is 2.48. The van der Waals surface area contributed by atoms with E-state index in [1.165, 1.54) is 18.4 Å². The first kappa shape index (κ1) is 21.2. The Kier molecular flexibility index (Phi) is 5.26. The van der Waals surface area contributed by atoms with Gasteiger partial charge in [0.15, 0.2) is 0 Å². The smallest absolute Gasteiger partial charge is 0.229 e. The summed E-state index contributed by atoms with van der Waals surface area (Å²) >= 11 is 6.10. The predicted molar refractivity (Wildman–Crippen MR) is 134 cm³/mol. The Balaban J connectivity index is 1.10. The molecule has 0 spiro atoms. The van der Waals surface area contributed by atoms with Gasteiger partial charge in [0, 0.05) is 40.8 Å². The minimum Gasteiger partial charge on any atom is -0.379 e. The van der Waals surface area contributed by atoms with Crippen molar-refractivity contribution in [3.8, 4) is 0 Å². The molecule has 0 saturated heterocycles. The number of nitrogens with zero attached hydrogens (tertiary/aromatic N) is 3. The fourth-order valence-corrected chi connectivity index (χ4v) is 4.84. The van der Waals surface area contributed by atoms with Crippen LogP contribution in [0.15, 0.2) is 60.9 Å². The Labute approximate surface area is 203 Å². The molecule has 3 aromatic heterocycles. The molecule has 2 atom stereocenters. The van der Waals surface area contributed by atoms with Gasteiger partial charge in [-0.15, -0.1) is 0 Å². The first-order valence-electron chi connectivity index (χ1n) is 11.8. The zero-order chi connectivity index (χ0) is 23.2. The summed E-state index contributed by atoms with van der Waals surface area (Å²) in [6.45, 7) is 2.52. The molecule has 2 saturated carbocycles. The van der Waals surface area contributed by atoms with Crippen molar-refractivity contribution in [2.75, 3.05) is 10.6 Å². The second-order valence-corrected chi connectivity index (χ2v) is 9.90. The van der Waals surface area contributed by atoms with E-state index in [0.29, 0.717) is 17.4 Å². The lowest BCUT2D eigenvalue weighted by atomic mass is 10.1. The van der Waals surface area contributed by atoms with Crippen LogP contribution in [0.1, 0.15) is 53.6 Å². The molecular formula is C27H26ClN5O. The summed E-state index contributed by atoms with van der Waals surface area (Å²) < 4.78 is 2.11. The highest BCUT2D eigenvalue weighted by molar-refractivity contribution is 6.30. The Morgan fingerprint density at radius 2 is 1.97 bits per heavy atom. The van der Waals surface area contributed by atoms with E-state index in [4.69, 9.17) is 16.6 Å². The summed E-state index contributed by atoms with van der Waals surface area (Å²) in [5.41, 5.74) is 6.17. The van der Waals surface area contributed by atoms with Crippen molar-refractivity contribution in [1.29, 1.82) is 0 Å². The molecule has 2 N–H and O–H groups in total. The lowest BCUT2D eigenvalue weighted by Crippen LogP contribution is -2.16. The summed E-state index contributed by atoms with van der Waals surface area (Å²) in [6.07, 6.45) is 7.68. The van der Waals surface area contributed by atoms with E-state index in [0.717, 1.165) is 40.6 Å². The highest BCUT2D eigenvalue weighted by Gasteiger charge is 2.44. The molecule has 2 fully saturated rings. The van der Waals surface area contributed by atoms with Crippen LogP contribution in [0, 0.1) is 12.8 Å². The van der Waals surface area contributed by atoms with Crippen LogP contribution in [0.5, 0.6) is 0 Å². The maximum atomic E-state index is 12.8. The maximum absolute atomic E-state index is 12.8. The Bertz CT molecular complexity index is 1390. The molecule has 6 rings (SSSR count). The first-order chi connectivity index (χ1) is 16.5. The molecule has 3 heterocycles. The van der Waals surface area contributed by atoms with Gasteiger partial charge in [-0.3, -0.25) is 4.79 Å². The molecule has 1 aromatic carbocycles. The number of carbonyl (C=O) groups is 1. The summed E-state index contributed by atoms with van der Waals surface area (Å²) in [6, 6.07) is 15.9. The van der Waals surface area contributed by atoms with Gasteiger partial charge in [0.1, 0.15) is 11.5 Å². The minimum atomic E-state index is -0.0457. The summed E-state index contributed by atoms with van der Waals surface area (Å²) in [4.78, 5) is 22.0. The highest BCUT2D eigenvalue weighted by atomic mass is 35.5. The van der Waals surface area contributed by atoms with Gasteiger partial charge in [-0.25, -0.2) is 9.97 Å². The van der Waals surface area contributed by atoms with E-state index in [1.807, 2.05) is 43.3 Å². The van der Waals surface area contributed by atoms with Crippen LogP contribution in [-0.2, 0) is 11.3 Å². The Morgan fingerprint density at radius 1 is 1.09 bits per heavy atom. The molecule has 0 aliphatic heterocycles. The topological polar surface area (TPSA) is 71.3 Å². The summed E-state index contributed by atoms with van der Waals surface area (Å²) in [5, 5.41) is 7.13. The van der Waals surface area contributed by atoms with E-state index in [2.05, 4.69) is 44.5 Å². The number of fused-ring (bicyclic) bond motifs is 1. The lowest BCUT2D eigenvalue weighted by molar-refractivity contribution is -0.117. The number of nitrogens with one attached hydrogen (secondary N) is 2. The second kappa shape index (κ2) is 8.44. The molecular weight excluding hydrogens is 446 g/mol. The fourth-order valence-electron chi connectivity index (χ4n) is 4.64. The minimum absolute atomic E-state index is 0.000781. The molecule has 1 amide bonds. The van der Waals surface area contributed by atoms with Crippen LogP contribution >= 0.6 is 11.6 Å². The number of anilines is 2. The molecule has 7 heteroatoms. The summed E-state index contributed by atoms with van der Waals surface area (Å²) in [7, 11) is 0. The van der Waals surface area contributed by atoms with Gasteiger partial charge in [0.2, 0.25) is 5.91 Å². The number of hydrogen-bond donors (Lipinski definition) is 2. The number of aromatic nitrogens is 3. The lowest BCUT2D eigenvalue weighted by Gasteiger charge is -2.10. The third kappa shape index (κ3) is 4.50. The predicted octanol–water partition coefficient (Wildman–Crippen LogP) is 5.92. The van der Waals surface area contributed by atoms with Crippen molar-refractivity contribution >= 4 is 34.7 Å². The molecule has 172 valence electrons. The number of pyridine rings is 2. The molecule has 0 bridgehead atoms. The van der Waals surface area contributed by atoms with E-state index < -0.39 is 0 Å². The number of halogens is 1. The SMILES string of the molecule is Cc1cc(NCc2cn3cc(C4CC4)ccc3n2)cc(NC(=O)[C@H]2CC2c2cccc(Cl)c2)n1. The number of amides is 1. The van der Waals surface area contributed by atoms with Crippen LogP contribution < -0.4 is 10.6 Å². The maximum Gasteiger partial charge on any atom is 0.229 e. The summed E-state index contributed by atoms with van der Waals surface area (Å²) in [5.74, 6) is 1.46. The number of benzene rings is 1. The molecule has 0 radical (unpaired) electrons. The number of hydrogen-bond acceptors (Lipinski definition) is 4. The zero-order valence-electron chi connectivity index (χ0n) is 19.0. The average molecular weight is 472 g/mol. The van der Waals surface area contributed by atoms with Gasteiger partial charge in [-0.05, 0) is 73.4 Å². The van der Waals surface area contributed by atoms with Crippen LogP contribution in [0.2, 0.25) is 5.02 Å². The van der Waals surface area contributed by atoms with Gasteiger partial charge in [-0.1, -0.05) is 29.8 Å². The molecule has 2 aliphatic rings. The first-order valence-corrected chi connectivity index (χ1v) is 12.2. The largest absolute Gasteiger partial charge is 0.379 e. The zero-order valence-corrected chi connectivity index (χ0v) is 19.7. The quantitative estimate of drug-likeness (QED) is 0.351. The molecule has 4 aromatic rings. The van der Waals surface area contributed by atoms with E-state index in [1.54, 1.807) is 0 Å². The second-order valence-electron chi connectivity index (χ2n) is 9.46. The fraction of sp³-hybridized carbons (Fsp3) is 0.296. The monoisotopic (exact) mass is 471 g/mol. The van der Waals surface area contributed by atoms with Gasteiger partial charge in [0.05, 0.1) is 12.2 Å². The number of rotatable bonds is 7. The van der Waals surface area contributed by atoms with Crippen LogP contribution in [-0.4, -0.2) is 20.3 Å². The molecule has 34 heavy (non-hydrogen) atoms. The van der Waals surface area contributed by atoms with Crippen molar-refractivity contribution in [2.24, 2.45) is 5.92 Å². The van der Waals surface area contributed by atoms with Crippen LogP contribution in [0.4, 0.5) is 11.5 Å². The number of carbonyl (C=O) groups excluding carboxylic acids is 1. The molecule has 1 unspecified atom stereocenters. The molecule has 6 nitrogen and oxygen atoms in total. The van der Waals surface area contributed by atoms with Crippen molar-refractivity contribution in [3.05, 3.63) is 88.5 Å². The Hall–Kier alpha value is -3.38. The van der Waals surface area contributed by atoms with Crippen molar-refractivity contribution < 1.29 is 4.79 Å². The normalized spacial score (nSPS) is 19.2. The van der Waals surface area contributed by atoms with E-state index in [9.17, 15) is 4.79 Å². The average Bonchev–Trinajstić information content (AvgIpc) is 3.73. The van der Waals surface area contributed by atoms with Crippen molar-refractivity contribution in [1.82, 2.24) is 14.4 Å². The molecule has 2 aliphatic carbocycles.